The minimum absolute atomic E-state index is 0.0906. The molecule has 0 fully saturated rings. The highest BCUT2D eigenvalue weighted by molar-refractivity contribution is 5.67. The second-order valence-corrected chi connectivity index (χ2v) is 3.23. The van der Waals surface area contributed by atoms with Crippen molar-refractivity contribution in [1.82, 2.24) is 0 Å². The maximum atomic E-state index is 10.4. The lowest BCUT2D eigenvalue weighted by molar-refractivity contribution is -0.136. The zero-order chi connectivity index (χ0) is 11.3. The molecular formula is C11H12N2O2. The van der Waals surface area contributed by atoms with Crippen molar-refractivity contribution in [3.63, 3.8) is 0 Å². The van der Waals surface area contributed by atoms with Gasteiger partial charge in [-0.05, 0) is 18.2 Å². The minimum atomic E-state index is -0.821. The second-order valence-electron chi connectivity index (χ2n) is 3.23. The fourth-order valence-corrected chi connectivity index (χ4v) is 1.21. The van der Waals surface area contributed by atoms with Crippen LogP contribution < -0.4 is 4.90 Å². The van der Waals surface area contributed by atoms with E-state index in [-0.39, 0.29) is 6.42 Å². The first-order valence-electron chi connectivity index (χ1n) is 4.56. The molecule has 0 saturated heterocycles. The summed E-state index contributed by atoms with van der Waals surface area (Å²) in [6, 6.07) is 9.13. The van der Waals surface area contributed by atoms with Gasteiger partial charge < -0.3 is 10.0 Å². The van der Waals surface area contributed by atoms with Crippen LogP contribution in [0.25, 0.3) is 0 Å². The molecule has 0 amide bonds. The summed E-state index contributed by atoms with van der Waals surface area (Å²) in [5.74, 6) is -0.821. The smallest absolute Gasteiger partial charge is 0.305 e. The molecule has 0 aliphatic rings. The number of carboxylic acids is 1. The summed E-state index contributed by atoms with van der Waals surface area (Å²) in [6.07, 6.45) is 0.0906. The van der Waals surface area contributed by atoms with Gasteiger partial charge in [0.15, 0.2) is 0 Å². The highest BCUT2D eigenvalue weighted by atomic mass is 16.4. The number of rotatable bonds is 4. The average Bonchev–Trinajstić information content (AvgIpc) is 2.26. The Balaban J connectivity index is 2.69. The number of anilines is 1. The van der Waals surface area contributed by atoms with Crippen LogP contribution in [-0.4, -0.2) is 24.7 Å². The Kier molecular flexibility index (Phi) is 3.69. The molecule has 0 atom stereocenters. The normalized spacial score (nSPS) is 9.33. The number of carbonyl (C=O) groups is 1. The van der Waals surface area contributed by atoms with E-state index in [1.54, 1.807) is 25.2 Å². The SMILES string of the molecule is CN(CCC(=O)O)c1cccc(C#N)c1. The van der Waals surface area contributed by atoms with Crippen molar-refractivity contribution in [1.29, 1.82) is 5.26 Å². The summed E-state index contributed by atoms with van der Waals surface area (Å²) in [4.78, 5) is 12.2. The maximum absolute atomic E-state index is 10.4. The Morgan fingerprint density at radius 1 is 1.60 bits per heavy atom. The Morgan fingerprint density at radius 2 is 2.33 bits per heavy atom. The van der Waals surface area contributed by atoms with Gasteiger partial charge in [-0.15, -0.1) is 0 Å². The molecule has 15 heavy (non-hydrogen) atoms. The van der Waals surface area contributed by atoms with Gasteiger partial charge in [-0.25, -0.2) is 0 Å². The first-order chi connectivity index (χ1) is 7.13. The van der Waals surface area contributed by atoms with Crippen LogP contribution >= 0.6 is 0 Å². The molecule has 4 heteroatoms. The third-order valence-corrected chi connectivity index (χ3v) is 2.08. The summed E-state index contributed by atoms with van der Waals surface area (Å²) in [5, 5.41) is 17.2. The molecule has 0 unspecified atom stereocenters. The molecular weight excluding hydrogens is 192 g/mol. The zero-order valence-corrected chi connectivity index (χ0v) is 8.47. The van der Waals surface area contributed by atoms with Gasteiger partial charge in [-0.2, -0.15) is 5.26 Å². The van der Waals surface area contributed by atoms with E-state index in [1.165, 1.54) is 0 Å². The van der Waals surface area contributed by atoms with Gasteiger partial charge in [0.05, 0.1) is 18.1 Å². The number of benzene rings is 1. The van der Waals surface area contributed by atoms with Crippen molar-refractivity contribution < 1.29 is 9.90 Å². The molecule has 0 spiro atoms. The average molecular weight is 204 g/mol. The van der Waals surface area contributed by atoms with Gasteiger partial charge in [0, 0.05) is 19.3 Å². The lowest BCUT2D eigenvalue weighted by Crippen LogP contribution is -2.20. The van der Waals surface area contributed by atoms with Gasteiger partial charge in [-0.1, -0.05) is 6.07 Å². The number of carboxylic acid groups (broad SMARTS) is 1. The monoisotopic (exact) mass is 204 g/mol. The Bertz CT molecular complexity index is 396. The molecule has 1 N–H and O–H groups in total. The number of hydrogen-bond acceptors (Lipinski definition) is 3. The molecule has 0 heterocycles. The maximum Gasteiger partial charge on any atom is 0.305 e. The topological polar surface area (TPSA) is 64.3 Å². The largest absolute Gasteiger partial charge is 0.481 e. The summed E-state index contributed by atoms with van der Waals surface area (Å²) in [6.45, 7) is 0.435. The van der Waals surface area contributed by atoms with Gasteiger partial charge in [0.25, 0.3) is 0 Å². The third kappa shape index (κ3) is 3.31. The van der Waals surface area contributed by atoms with Crippen LogP contribution in [0, 0.1) is 11.3 Å². The molecule has 0 bridgehead atoms. The molecule has 1 aromatic rings. The molecule has 1 rings (SSSR count). The second kappa shape index (κ2) is 5.01. The summed E-state index contributed by atoms with van der Waals surface area (Å²) in [5.41, 5.74) is 1.44. The Morgan fingerprint density at radius 3 is 2.93 bits per heavy atom. The first kappa shape index (κ1) is 11.1. The summed E-state index contributed by atoms with van der Waals surface area (Å²) < 4.78 is 0. The van der Waals surface area contributed by atoms with Crippen LogP contribution in [0.5, 0.6) is 0 Å². The van der Waals surface area contributed by atoms with E-state index in [0.717, 1.165) is 5.69 Å². The van der Waals surface area contributed by atoms with E-state index >= 15 is 0 Å². The summed E-state index contributed by atoms with van der Waals surface area (Å²) >= 11 is 0. The standard InChI is InChI=1S/C11H12N2O2/c1-13(6-5-11(14)15)10-4-2-3-9(7-10)8-12/h2-4,7H,5-6H2,1H3,(H,14,15). The van der Waals surface area contributed by atoms with E-state index in [1.807, 2.05) is 17.0 Å². The number of nitrogens with zero attached hydrogens (tertiary/aromatic N) is 2. The zero-order valence-electron chi connectivity index (χ0n) is 8.47. The van der Waals surface area contributed by atoms with E-state index in [4.69, 9.17) is 10.4 Å². The van der Waals surface area contributed by atoms with E-state index < -0.39 is 5.97 Å². The molecule has 78 valence electrons. The highest BCUT2D eigenvalue weighted by Gasteiger charge is 2.04. The predicted octanol–water partition coefficient (Wildman–Crippen LogP) is 1.47. The molecule has 4 nitrogen and oxygen atoms in total. The van der Waals surface area contributed by atoms with Crippen LogP contribution in [-0.2, 0) is 4.79 Å². The lowest BCUT2D eigenvalue weighted by Gasteiger charge is -2.18. The first-order valence-corrected chi connectivity index (χ1v) is 4.56. The van der Waals surface area contributed by atoms with E-state index in [9.17, 15) is 4.79 Å². The van der Waals surface area contributed by atoms with Gasteiger partial charge in [-0.3, -0.25) is 4.79 Å². The molecule has 0 aromatic heterocycles. The Hall–Kier alpha value is -2.02. The van der Waals surface area contributed by atoms with E-state index in [2.05, 4.69) is 0 Å². The predicted molar refractivity (Wildman–Crippen MR) is 56.7 cm³/mol. The number of aliphatic carboxylic acids is 1. The van der Waals surface area contributed by atoms with Crippen molar-refractivity contribution in [2.24, 2.45) is 0 Å². The number of hydrogen-bond donors (Lipinski definition) is 1. The quantitative estimate of drug-likeness (QED) is 0.806. The fraction of sp³-hybridized carbons (Fsp3) is 0.273. The van der Waals surface area contributed by atoms with Crippen molar-refractivity contribution in [3.8, 4) is 6.07 Å². The fourth-order valence-electron chi connectivity index (χ4n) is 1.21. The number of nitriles is 1. The van der Waals surface area contributed by atoms with Crippen LogP contribution in [0.2, 0.25) is 0 Å². The summed E-state index contributed by atoms with van der Waals surface area (Å²) in [7, 11) is 1.80. The highest BCUT2D eigenvalue weighted by Crippen LogP contribution is 2.14. The van der Waals surface area contributed by atoms with E-state index in [0.29, 0.717) is 12.1 Å². The van der Waals surface area contributed by atoms with Gasteiger partial charge in [0.2, 0.25) is 0 Å². The van der Waals surface area contributed by atoms with Gasteiger partial charge in [0.1, 0.15) is 0 Å². The van der Waals surface area contributed by atoms with Crippen molar-refractivity contribution in [2.45, 2.75) is 6.42 Å². The van der Waals surface area contributed by atoms with Crippen molar-refractivity contribution in [3.05, 3.63) is 29.8 Å². The molecule has 1 aromatic carbocycles. The van der Waals surface area contributed by atoms with Crippen LogP contribution in [0.1, 0.15) is 12.0 Å². The minimum Gasteiger partial charge on any atom is -0.481 e. The van der Waals surface area contributed by atoms with Crippen molar-refractivity contribution in [2.75, 3.05) is 18.5 Å². The lowest BCUT2D eigenvalue weighted by atomic mass is 10.2. The molecule has 0 aliphatic heterocycles. The van der Waals surface area contributed by atoms with Crippen LogP contribution in [0.3, 0.4) is 0 Å². The van der Waals surface area contributed by atoms with Crippen LogP contribution in [0.15, 0.2) is 24.3 Å². The van der Waals surface area contributed by atoms with Crippen molar-refractivity contribution >= 4 is 11.7 Å². The third-order valence-electron chi connectivity index (χ3n) is 2.08. The van der Waals surface area contributed by atoms with Gasteiger partial charge >= 0.3 is 5.97 Å². The molecule has 0 saturated carbocycles. The molecule has 0 aliphatic carbocycles. The molecule has 0 radical (unpaired) electrons. The Labute approximate surface area is 88.4 Å². The van der Waals surface area contributed by atoms with Crippen LogP contribution in [0.4, 0.5) is 5.69 Å².